The Hall–Kier alpha value is -1.69. The van der Waals surface area contributed by atoms with Gasteiger partial charge in [0.1, 0.15) is 13.2 Å². The number of rotatable bonds is 1. The molecule has 0 aromatic heterocycles. The minimum Gasteiger partial charge on any atom is -0.486 e. The van der Waals surface area contributed by atoms with E-state index in [9.17, 15) is 4.79 Å². The van der Waals surface area contributed by atoms with Crippen molar-refractivity contribution in [3.8, 4) is 11.5 Å². The van der Waals surface area contributed by atoms with Crippen molar-refractivity contribution in [3.05, 3.63) is 23.8 Å². The summed E-state index contributed by atoms with van der Waals surface area (Å²) in [5.41, 5.74) is 0.454. The zero-order valence-corrected chi connectivity index (χ0v) is 9.28. The Morgan fingerprint density at radius 2 is 2.00 bits per heavy atom. The minimum absolute atomic E-state index is 0.239. The molecule has 0 aliphatic carbocycles. The molecule has 84 valence electrons. The number of carbonyl (C=O) groups excluding carboxylic acids is 1. The molecule has 1 N–H and O–H groups in total. The van der Waals surface area contributed by atoms with Gasteiger partial charge in [0.2, 0.25) is 5.90 Å². The maximum atomic E-state index is 10.6. The van der Waals surface area contributed by atoms with Crippen LogP contribution in [0.2, 0.25) is 0 Å². The lowest BCUT2D eigenvalue weighted by Crippen LogP contribution is -2.16. The highest BCUT2D eigenvalue weighted by Gasteiger charge is 2.15. The van der Waals surface area contributed by atoms with E-state index in [0.717, 1.165) is 0 Å². The topological polar surface area (TPSA) is 68.6 Å². The third-order valence-electron chi connectivity index (χ3n) is 2.00. The van der Waals surface area contributed by atoms with Gasteiger partial charge in [0.15, 0.2) is 11.5 Å². The van der Waals surface area contributed by atoms with Crippen molar-refractivity contribution in [3.63, 3.8) is 0 Å². The average Bonchev–Trinajstić information content (AvgIpc) is 2.27. The summed E-state index contributed by atoms with van der Waals surface area (Å²) in [6, 6.07) is 4.91. The van der Waals surface area contributed by atoms with E-state index in [1.165, 1.54) is 0 Å². The average molecular weight is 240 g/mol. The van der Waals surface area contributed by atoms with Crippen LogP contribution in [0.25, 0.3) is 0 Å². The van der Waals surface area contributed by atoms with Crippen LogP contribution in [0.15, 0.2) is 18.2 Å². The van der Waals surface area contributed by atoms with Crippen molar-refractivity contribution >= 4 is 23.8 Å². The second kappa shape index (κ2) is 4.44. The summed E-state index contributed by atoms with van der Waals surface area (Å²) in [4.78, 5) is 10.6. The second-order valence-electron chi connectivity index (χ2n) is 3.08. The summed E-state index contributed by atoms with van der Waals surface area (Å²) in [6.07, 6.45) is 0. The van der Waals surface area contributed by atoms with Gasteiger partial charge >= 0.3 is 5.30 Å². The molecule has 0 bridgehead atoms. The lowest BCUT2D eigenvalue weighted by atomic mass is 10.2. The van der Waals surface area contributed by atoms with Crippen molar-refractivity contribution in [1.82, 2.24) is 0 Å². The monoisotopic (exact) mass is 240 g/mol. The molecule has 16 heavy (non-hydrogen) atoms. The molecule has 0 atom stereocenters. The fraction of sp³-hybridized carbons (Fsp3) is 0.200. The molecule has 0 radical (unpaired) electrons. The first-order valence-corrected chi connectivity index (χ1v) is 5.09. The van der Waals surface area contributed by atoms with Gasteiger partial charge in [-0.3, -0.25) is 5.41 Å². The molecule has 0 fully saturated rings. The van der Waals surface area contributed by atoms with Gasteiger partial charge in [-0.05, 0) is 18.2 Å². The van der Waals surface area contributed by atoms with Crippen molar-refractivity contribution in [2.75, 3.05) is 13.2 Å². The summed E-state index contributed by atoms with van der Waals surface area (Å²) in [7, 11) is 0. The third-order valence-corrected chi connectivity index (χ3v) is 2.10. The molecule has 2 rings (SSSR count). The molecule has 1 aromatic rings. The number of nitrogens with one attached hydrogen (secondary N) is 1. The van der Waals surface area contributed by atoms with E-state index < -0.39 is 5.30 Å². The Morgan fingerprint density at radius 3 is 2.69 bits per heavy atom. The number of benzene rings is 1. The SMILES string of the molecule is N=C(OC(=O)[SH2+])c1ccc2c(c1)OCCO2. The summed E-state index contributed by atoms with van der Waals surface area (Å²) < 4.78 is 15.3. The minimum atomic E-state index is -0.708. The molecule has 5 nitrogen and oxygen atoms in total. The molecule has 0 saturated heterocycles. The maximum absolute atomic E-state index is 10.6. The highest BCUT2D eigenvalue weighted by atomic mass is 32.1. The van der Waals surface area contributed by atoms with E-state index in [0.29, 0.717) is 30.3 Å². The predicted octanol–water partition coefficient (Wildman–Crippen LogP) is 0.931. The van der Waals surface area contributed by atoms with Gasteiger partial charge in [-0.1, -0.05) is 0 Å². The molecule has 1 heterocycles. The number of hydrogen-bond acceptors (Lipinski definition) is 5. The first-order chi connectivity index (χ1) is 7.66. The van der Waals surface area contributed by atoms with E-state index >= 15 is 0 Å². The van der Waals surface area contributed by atoms with Crippen LogP contribution in [0.5, 0.6) is 11.5 Å². The predicted molar refractivity (Wildman–Crippen MR) is 60.9 cm³/mol. The van der Waals surface area contributed by atoms with E-state index in [1.54, 1.807) is 18.2 Å². The van der Waals surface area contributed by atoms with Gasteiger partial charge in [-0.2, -0.15) is 4.79 Å². The first kappa shape index (κ1) is 10.8. The van der Waals surface area contributed by atoms with Crippen LogP contribution < -0.4 is 9.47 Å². The lowest BCUT2D eigenvalue weighted by Gasteiger charge is -2.18. The Kier molecular flexibility index (Phi) is 3.00. The van der Waals surface area contributed by atoms with Gasteiger partial charge in [0.05, 0.1) is 12.6 Å². The fourth-order valence-corrected chi connectivity index (χ4v) is 1.44. The van der Waals surface area contributed by atoms with Gasteiger partial charge in [0.25, 0.3) is 0 Å². The summed E-state index contributed by atoms with van der Waals surface area (Å²) >= 11 is 2.64. The second-order valence-corrected chi connectivity index (χ2v) is 3.49. The van der Waals surface area contributed by atoms with Crippen LogP contribution in [0.1, 0.15) is 5.56 Å². The molecule has 0 amide bonds. The van der Waals surface area contributed by atoms with Crippen LogP contribution in [0, 0.1) is 5.41 Å². The van der Waals surface area contributed by atoms with E-state index in [4.69, 9.17) is 14.9 Å². The van der Waals surface area contributed by atoms with E-state index in [2.05, 4.69) is 17.4 Å². The first-order valence-electron chi connectivity index (χ1n) is 4.59. The van der Waals surface area contributed by atoms with Crippen LogP contribution in [-0.4, -0.2) is 24.4 Å². The quantitative estimate of drug-likeness (QED) is 0.343. The zero-order chi connectivity index (χ0) is 11.5. The molecule has 6 heteroatoms. The molecule has 0 saturated carbocycles. The molecule has 1 aliphatic heterocycles. The smallest absolute Gasteiger partial charge is 0.486 e. The molecular formula is C10H10NO4S+. The summed E-state index contributed by atoms with van der Waals surface area (Å²) in [5.74, 6) is 0.947. The van der Waals surface area contributed by atoms with Crippen molar-refractivity contribution in [2.24, 2.45) is 0 Å². The Bertz CT molecular complexity index is 446. The van der Waals surface area contributed by atoms with Crippen LogP contribution >= 0.6 is 0 Å². The van der Waals surface area contributed by atoms with Crippen molar-refractivity contribution in [2.45, 2.75) is 0 Å². The Balaban J connectivity index is 2.23. The fourth-order valence-electron chi connectivity index (χ4n) is 1.34. The summed E-state index contributed by atoms with van der Waals surface area (Å²) in [6.45, 7) is 0.988. The number of carbonyl (C=O) groups is 1. The standard InChI is InChI=1S/C10H9NO4S/c11-9(15-10(12)16)6-1-2-7-8(5-6)14-4-3-13-7/h1-2,5,11H,3-4H2,(H,12,16)/p+1. The number of hydrogen-bond donors (Lipinski definition) is 1. The zero-order valence-electron chi connectivity index (χ0n) is 8.28. The highest BCUT2D eigenvalue weighted by Crippen LogP contribution is 2.30. The lowest BCUT2D eigenvalue weighted by molar-refractivity contribution is 0.171. The highest BCUT2D eigenvalue weighted by molar-refractivity contribution is 7.76. The van der Waals surface area contributed by atoms with Gasteiger partial charge in [0, 0.05) is 5.56 Å². The van der Waals surface area contributed by atoms with Crippen LogP contribution in [-0.2, 0) is 17.4 Å². The molecule has 1 aliphatic rings. The maximum Gasteiger partial charge on any atom is 0.527 e. The van der Waals surface area contributed by atoms with Gasteiger partial charge in [-0.25, -0.2) is 0 Å². The van der Waals surface area contributed by atoms with E-state index in [-0.39, 0.29) is 5.90 Å². The number of fused-ring (bicyclic) bond motifs is 1. The van der Waals surface area contributed by atoms with Crippen LogP contribution in [0.4, 0.5) is 4.79 Å². The normalized spacial score (nSPS) is 13.1. The molecule has 0 unspecified atom stereocenters. The Morgan fingerprint density at radius 1 is 1.31 bits per heavy atom. The largest absolute Gasteiger partial charge is 0.527 e. The van der Waals surface area contributed by atoms with Crippen molar-refractivity contribution in [1.29, 1.82) is 5.41 Å². The third kappa shape index (κ3) is 2.27. The summed E-state index contributed by atoms with van der Waals surface area (Å²) in [5, 5.41) is 6.80. The molecule has 0 spiro atoms. The molecule has 1 aromatic carbocycles. The molecular weight excluding hydrogens is 230 g/mol. The Labute approximate surface area is 97.2 Å². The van der Waals surface area contributed by atoms with E-state index in [1.807, 2.05) is 0 Å². The van der Waals surface area contributed by atoms with Gasteiger partial charge < -0.3 is 14.2 Å². The number of ether oxygens (including phenoxy) is 3. The van der Waals surface area contributed by atoms with Gasteiger partial charge in [-0.15, -0.1) is 0 Å². The van der Waals surface area contributed by atoms with Crippen molar-refractivity contribution < 1.29 is 19.0 Å². The van der Waals surface area contributed by atoms with Crippen LogP contribution in [0.3, 0.4) is 0 Å².